The Hall–Kier alpha value is -3.95. The number of amides is 1. The zero-order valence-electron chi connectivity index (χ0n) is 18.7. The average molecular weight is 473 g/mol. The Labute approximate surface area is 192 Å². The van der Waals surface area contributed by atoms with Crippen molar-refractivity contribution < 1.29 is 18.0 Å². The molecule has 0 bridgehead atoms. The fourth-order valence-electron chi connectivity index (χ4n) is 3.85. The maximum atomic E-state index is 12.7. The standard InChI is InChI=1S/C21H22F3N9O/c1-12-15(6-28-30-12)16-9-33(31-13(16)2)20(4-5-25)10-32(11-20)18-8-26-17(7-27-18)19(34)29-14(3)21(22,23)24/h6-9,14H,4,10-11H2,1-3H3,(H,28,30)(H,29,34)/t14-/m0/s1. The highest BCUT2D eigenvalue weighted by atomic mass is 19.4. The number of anilines is 1. The first-order valence-electron chi connectivity index (χ1n) is 10.4. The monoisotopic (exact) mass is 473 g/mol. The lowest BCUT2D eigenvalue weighted by atomic mass is 9.87. The molecule has 1 aliphatic heterocycles. The fourth-order valence-corrected chi connectivity index (χ4v) is 3.85. The Morgan fingerprint density at radius 1 is 1.26 bits per heavy atom. The van der Waals surface area contributed by atoms with Crippen molar-refractivity contribution in [3.63, 3.8) is 0 Å². The van der Waals surface area contributed by atoms with Crippen LogP contribution in [0.1, 0.15) is 35.2 Å². The second-order valence-corrected chi connectivity index (χ2v) is 8.39. The molecule has 1 amide bonds. The molecular formula is C21H22F3N9O. The number of rotatable bonds is 6. The first-order valence-corrected chi connectivity index (χ1v) is 10.4. The molecule has 0 spiro atoms. The zero-order valence-corrected chi connectivity index (χ0v) is 18.7. The third-order valence-electron chi connectivity index (χ3n) is 5.92. The average Bonchev–Trinajstić information content (AvgIpc) is 3.35. The van der Waals surface area contributed by atoms with Gasteiger partial charge >= 0.3 is 6.18 Å². The number of aromatic amines is 1. The molecule has 34 heavy (non-hydrogen) atoms. The number of hydrogen-bond donors (Lipinski definition) is 2. The van der Waals surface area contributed by atoms with Crippen molar-refractivity contribution in [1.82, 2.24) is 35.3 Å². The van der Waals surface area contributed by atoms with E-state index in [9.17, 15) is 23.2 Å². The topological polar surface area (TPSA) is 128 Å². The van der Waals surface area contributed by atoms with Crippen molar-refractivity contribution >= 4 is 11.7 Å². The van der Waals surface area contributed by atoms with Gasteiger partial charge in [0, 0.05) is 36.1 Å². The molecule has 13 heteroatoms. The minimum absolute atomic E-state index is 0.216. The lowest BCUT2D eigenvalue weighted by Crippen LogP contribution is -2.63. The van der Waals surface area contributed by atoms with E-state index in [4.69, 9.17) is 0 Å². The van der Waals surface area contributed by atoms with E-state index in [1.54, 1.807) is 10.9 Å². The second-order valence-electron chi connectivity index (χ2n) is 8.39. The van der Waals surface area contributed by atoms with Gasteiger partial charge < -0.3 is 10.2 Å². The van der Waals surface area contributed by atoms with Crippen molar-refractivity contribution in [3.05, 3.63) is 41.9 Å². The summed E-state index contributed by atoms with van der Waals surface area (Å²) in [4.78, 5) is 22.0. The number of nitriles is 1. The largest absolute Gasteiger partial charge is 0.408 e. The molecule has 0 saturated carbocycles. The summed E-state index contributed by atoms with van der Waals surface area (Å²) < 4.78 is 39.8. The van der Waals surface area contributed by atoms with E-state index in [0.29, 0.717) is 18.9 Å². The Balaban J connectivity index is 1.48. The van der Waals surface area contributed by atoms with Crippen LogP contribution in [0.4, 0.5) is 19.0 Å². The fraction of sp³-hybridized carbons (Fsp3) is 0.429. The highest BCUT2D eigenvalue weighted by Gasteiger charge is 2.46. The van der Waals surface area contributed by atoms with Gasteiger partial charge in [0.2, 0.25) is 0 Å². The van der Waals surface area contributed by atoms with Crippen molar-refractivity contribution in [3.8, 4) is 17.2 Å². The Bertz CT molecular complexity index is 1230. The van der Waals surface area contributed by atoms with Crippen LogP contribution in [0.2, 0.25) is 0 Å². The third-order valence-corrected chi connectivity index (χ3v) is 5.92. The van der Waals surface area contributed by atoms with Gasteiger partial charge in [-0.3, -0.25) is 14.6 Å². The predicted molar refractivity (Wildman–Crippen MR) is 115 cm³/mol. The number of nitrogens with zero attached hydrogens (tertiary/aromatic N) is 7. The van der Waals surface area contributed by atoms with Gasteiger partial charge in [0.25, 0.3) is 5.91 Å². The van der Waals surface area contributed by atoms with Crippen LogP contribution in [0.25, 0.3) is 11.1 Å². The Kier molecular flexibility index (Phi) is 5.76. The molecule has 0 aliphatic carbocycles. The SMILES string of the molecule is Cc1nn(C2(CC#N)CN(c3cnc(C(=O)N[C@@H](C)C(F)(F)F)cn3)C2)cc1-c1cn[nH]c1C. The molecule has 2 N–H and O–H groups in total. The molecular weight excluding hydrogens is 451 g/mol. The summed E-state index contributed by atoms with van der Waals surface area (Å²) in [5.41, 5.74) is 2.79. The summed E-state index contributed by atoms with van der Waals surface area (Å²) in [6.45, 7) is 5.52. The highest BCUT2D eigenvalue weighted by Crippen LogP contribution is 2.37. The van der Waals surface area contributed by atoms with Gasteiger partial charge in [0.1, 0.15) is 23.1 Å². The summed E-state index contributed by atoms with van der Waals surface area (Å²) in [7, 11) is 0. The molecule has 1 fully saturated rings. The Morgan fingerprint density at radius 2 is 2.00 bits per heavy atom. The molecule has 0 aromatic carbocycles. The van der Waals surface area contributed by atoms with Gasteiger partial charge in [-0.15, -0.1) is 0 Å². The number of alkyl halides is 3. The molecule has 3 aromatic rings. The van der Waals surface area contributed by atoms with Gasteiger partial charge in [-0.1, -0.05) is 0 Å². The predicted octanol–water partition coefficient (Wildman–Crippen LogP) is 2.49. The van der Waals surface area contributed by atoms with Crippen molar-refractivity contribution in [1.29, 1.82) is 5.26 Å². The lowest BCUT2D eigenvalue weighted by molar-refractivity contribution is -0.149. The first-order chi connectivity index (χ1) is 16.0. The van der Waals surface area contributed by atoms with Crippen LogP contribution in [0.5, 0.6) is 0 Å². The van der Waals surface area contributed by atoms with Crippen LogP contribution in [0.3, 0.4) is 0 Å². The van der Waals surface area contributed by atoms with Gasteiger partial charge in [0.15, 0.2) is 0 Å². The highest BCUT2D eigenvalue weighted by molar-refractivity contribution is 5.92. The molecule has 0 unspecified atom stereocenters. The molecule has 10 nitrogen and oxygen atoms in total. The van der Waals surface area contributed by atoms with Crippen LogP contribution in [0, 0.1) is 25.2 Å². The normalized spacial score (nSPS) is 16.0. The first kappa shape index (κ1) is 23.2. The molecule has 178 valence electrons. The van der Waals surface area contributed by atoms with Crippen LogP contribution in [-0.4, -0.2) is 61.2 Å². The third kappa shape index (κ3) is 4.18. The van der Waals surface area contributed by atoms with Crippen molar-refractivity contribution in [2.75, 3.05) is 18.0 Å². The minimum Gasteiger partial charge on any atom is -0.350 e. The Morgan fingerprint density at radius 3 is 2.56 bits per heavy atom. The number of aromatic nitrogens is 6. The van der Waals surface area contributed by atoms with E-state index in [2.05, 4.69) is 31.3 Å². The zero-order chi connectivity index (χ0) is 24.7. The van der Waals surface area contributed by atoms with E-state index >= 15 is 0 Å². The van der Waals surface area contributed by atoms with E-state index < -0.39 is 23.7 Å². The maximum absolute atomic E-state index is 12.7. The number of halogens is 3. The van der Waals surface area contributed by atoms with E-state index in [0.717, 1.165) is 35.6 Å². The van der Waals surface area contributed by atoms with E-state index in [1.807, 2.05) is 30.3 Å². The number of carbonyl (C=O) groups excluding carboxylic acids is 1. The minimum atomic E-state index is -4.55. The van der Waals surface area contributed by atoms with Gasteiger partial charge in [0.05, 0.1) is 36.8 Å². The van der Waals surface area contributed by atoms with Crippen LogP contribution < -0.4 is 10.2 Å². The molecule has 0 radical (unpaired) electrons. The maximum Gasteiger partial charge on any atom is 0.408 e. The van der Waals surface area contributed by atoms with Gasteiger partial charge in [-0.2, -0.15) is 28.6 Å². The van der Waals surface area contributed by atoms with E-state index in [-0.39, 0.29) is 12.1 Å². The quantitative estimate of drug-likeness (QED) is 0.563. The molecule has 1 saturated heterocycles. The molecule has 4 heterocycles. The summed E-state index contributed by atoms with van der Waals surface area (Å²) >= 11 is 0. The van der Waals surface area contributed by atoms with E-state index in [1.165, 1.54) is 6.20 Å². The van der Waals surface area contributed by atoms with Crippen molar-refractivity contribution in [2.45, 2.75) is 44.9 Å². The molecule has 4 rings (SSSR count). The van der Waals surface area contributed by atoms with Crippen LogP contribution >= 0.6 is 0 Å². The summed E-state index contributed by atoms with van der Waals surface area (Å²) in [6, 6.07) is 0.220. The number of H-pyrrole nitrogens is 1. The second kappa shape index (κ2) is 8.44. The van der Waals surface area contributed by atoms with Crippen LogP contribution in [0.15, 0.2) is 24.8 Å². The summed E-state index contributed by atoms with van der Waals surface area (Å²) in [5, 5.41) is 22.9. The summed E-state index contributed by atoms with van der Waals surface area (Å²) in [5.74, 6) is -0.510. The number of hydrogen-bond acceptors (Lipinski definition) is 7. The van der Waals surface area contributed by atoms with Crippen LogP contribution in [-0.2, 0) is 5.54 Å². The smallest absolute Gasteiger partial charge is 0.350 e. The van der Waals surface area contributed by atoms with Gasteiger partial charge in [-0.25, -0.2) is 9.97 Å². The van der Waals surface area contributed by atoms with Gasteiger partial charge in [-0.05, 0) is 20.8 Å². The number of carbonyl (C=O) groups is 1. The summed E-state index contributed by atoms with van der Waals surface area (Å²) in [6.07, 6.45) is 1.77. The molecule has 1 atom stereocenters. The number of aryl methyl sites for hydroxylation is 2. The van der Waals surface area contributed by atoms with Crippen molar-refractivity contribution in [2.24, 2.45) is 0 Å². The lowest BCUT2D eigenvalue weighted by Gasteiger charge is -2.49. The molecule has 1 aliphatic rings. The molecule has 3 aromatic heterocycles. The number of nitrogens with one attached hydrogen (secondary N) is 2.